The molecule has 0 fully saturated rings. The van der Waals surface area contributed by atoms with Crippen LogP contribution in [-0.4, -0.2) is 16.2 Å². The number of benzene rings is 2. The third-order valence-electron chi connectivity index (χ3n) is 3.24. The van der Waals surface area contributed by atoms with Crippen molar-refractivity contribution in [2.45, 2.75) is 5.54 Å². The topological polar surface area (TPSA) is 69.9 Å². The average Bonchev–Trinajstić information content (AvgIpc) is 2.79. The summed E-state index contributed by atoms with van der Waals surface area (Å²) in [5, 5.41) is 20.9. The molecule has 1 aliphatic rings. The fourth-order valence-corrected chi connectivity index (χ4v) is 2.32. The Hall–Kier alpha value is -2.62. The van der Waals surface area contributed by atoms with E-state index in [-0.39, 0.29) is 11.3 Å². The predicted molar refractivity (Wildman–Crippen MR) is 69.1 cm³/mol. The summed E-state index contributed by atoms with van der Waals surface area (Å²) < 4.78 is 0. The van der Waals surface area contributed by atoms with E-state index in [4.69, 9.17) is 0 Å². The highest BCUT2D eigenvalue weighted by Gasteiger charge is 2.41. The minimum absolute atomic E-state index is 0.0716. The van der Waals surface area contributed by atoms with Crippen LogP contribution in [0.15, 0.2) is 53.5 Å². The van der Waals surface area contributed by atoms with Crippen LogP contribution in [0.5, 0.6) is 5.75 Å². The minimum Gasteiger partial charge on any atom is -0.508 e. The molecule has 1 heterocycles. The van der Waals surface area contributed by atoms with Crippen molar-refractivity contribution in [1.82, 2.24) is 0 Å². The van der Waals surface area contributed by atoms with Gasteiger partial charge in [0.15, 0.2) is 0 Å². The molecular formula is C15H11NO3. The van der Waals surface area contributed by atoms with Gasteiger partial charge in [-0.1, -0.05) is 36.4 Å². The van der Waals surface area contributed by atoms with E-state index in [1.54, 1.807) is 36.4 Å². The SMILES string of the molecule is O=C(O)C1(c2ccccc2O)C=c2ccccc2=N1. The molecule has 0 amide bonds. The van der Waals surface area contributed by atoms with E-state index in [9.17, 15) is 15.0 Å². The van der Waals surface area contributed by atoms with Gasteiger partial charge in [-0.3, -0.25) is 4.99 Å². The van der Waals surface area contributed by atoms with Gasteiger partial charge in [-0.25, -0.2) is 4.79 Å². The first-order valence-electron chi connectivity index (χ1n) is 5.83. The third-order valence-corrected chi connectivity index (χ3v) is 3.24. The van der Waals surface area contributed by atoms with Crippen LogP contribution < -0.4 is 10.6 Å². The molecule has 0 spiro atoms. The van der Waals surface area contributed by atoms with Crippen LogP contribution in [0.2, 0.25) is 0 Å². The van der Waals surface area contributed by atoms with E-state index in [0.29, 0.717) is 5.36 Å². The molecule has 4 nitrogen and oxygen atoms in total. The van der Waals surface area contributed by atoms with Gasteiger partial charge in [-0.05, 0) is 23.4 Å². The molecule has 19 heavy (non-hydrogen) atoms. The fraction of sp³-hybridized carbons (Fsp3) is 0.0667. The number of phenols is 1. The van der Waals surface area contributed by atoms with Crippen molar-refractivity contribution in [1.29, 1.82) is 0 Å². The summed E-state index contributed by atoms with van der Waals surface area (Å²) in [6, 6.07) is 13.6. The lowest BCUT2D eigenvalue weighted by Gasteiger charge is -2.20. The van der Waals surface area contributed by atoms with Crippen LogP contribution in [0, 0.1) is 0 Å². The number of carboxylic acid groups (broad SMARTS) is 1. The van der Waals surface area contributed by atoms with E-state index < -0.39 is 11.5 Å². The summed E-state index contributed by atoms with van der Waals surface area (Å²) in [5.74, 6) is -1.18. The molecule has 4 heteroatoms. The summed E-state index contributed by atoms with van der Waals surface area (Å²) in [6.07, 6.45) is 1.57. The first-order chi connectivity index (χ1) is 9.13. The van der Waals surface area contributed by atoms with E-state index in [0.717, 1.165) is 5.22 Å². The summed E-state index contributed by atoms with van der Waals surface area (Å²) in [5.41, 5.74) is -1.27. The normalized spacial score (nSPS) is 20.2. The number of hydrogen-bond donors (Lipinski definition) is 2. The molecule has 3 rings (SSSR count). The molecule has 2 N–H and O–H groups in total. The molecular weight excluding hydrogens is 242 g/mol. The second-order valence-corrected chi connectivity index (χ2v) is 4.40. The Morgan fingerprint density at radius 2 is 1.74 bits per heavy atom. The van der Waals surface area contributed by atoms with Crippen LogP contribution in [-0.2, 0) is 10.3 Å². The second kappa shape index (κ2) is 3.95. The molecule has 1 atom stereocenters. The lowest BCUT2D eigenvalue weighted by atomic mass is 9.90. The van der Waals surface area contributed by atoms with Crippen molar-refractivity contribution >= 4 is 12.0 Å². The Kier molecular flexibility index (Phi) is 2.38. The van der Waals surface area contributed by atoms with Gasteiger partial charge in [0.2, 0.25) is 5.54 Å². The predicted octanol–water partition coefficient (Wildman–Crippen LogP) is 0.786. The van der Waals surface area contributed by atoms with E-state index in [1.165, 1.54) is 6.07 Å². The van der Waals surface area contributed by atoms with Crippen LogP contribution >= 0.6 is 0 Å². The first kappa shape index (κ1) is 11.5. The smallest absolute Gasteiger partial charge is 0.340 e. The van der Waals surface area contributed by atoms with Crippen LogP contribution in [0.25, 0.3) is 6.08 Å². The zero-order chi connectivity index (χ0) is 13.5. The molecule has 1 unspecified atom stereocenters. The summed E-state index contributed by atoms with van der Waals surface area (Å²) in [6.45, 7) is 0. The molecule has 2 aromatic carbocycles. The number of para-hydroxylation sites is 2. The van der Waals surface area contributed by atoms with Gasteiger partial charge in [0.05, 0.1) is 5.36 Å². The number of phenolic OH excluding ortho intramolecular Hbond substituents is 1. The maximum Gasteiger partial charge on any atom is 0.340 e. The molecule has 0 radical (unpaired) electrons. The summed E-state index contributed by atoms with van der Waals surface area (Å²) >= 11 is 0. The quantitative estimate of drug-likeness (QED) is 0.831. The zero-order valence-corrected chi connectivity index (χ0v) is 9.95. The Morgan fingerprint density at radius 1 is 1.05 bits per heavy atom. The molecule has 0 saturated carbocycles. The van der Waals surface area contributed by atoms with Crippen molar-refractivity contribution < 1.29 is 15.0 Å². The van der Waals surface area contributed by atoms with Gasteiger partial charge in [-0.15, -0.1) is 0 Å². The molecule has 2 aromatic rings. The molecule has 94 valence electrons. The number of carbonyl (C=O) groups is 1. The van der Waals surface area contributed by atoms with Gasteiger partial charge < -0.3 is 10.2 Å². The standard InChI is InChI=1S/C15H11NO3/c17-13-8-4-2-6-11(13)15(14(18)19)9-10-5-1-3-7-12(10)16-15/h1-9,17H,(H,18,19). The van der Waals surface area contributed by atoms with Crippen LogP contribution in [0.3, 0.4) is 0 Å². The Bertz CT molecular complexity index is 745. The maximum absolute atomic E-state index is 11.7. The van der Waals surface area contributed by atoms with Crippen molar-refractivity contribution in [2.75, 3.05) is 0 Å². The van der Waals surface area contributed by atoms with Gasteiger partial charge in [0, 0.05) is 5.56 Å². The van der Waals surface area contributed by atoms with Gasteiger partial charge >= 0.3 is 5.97 Å². The fourth-order valence-electron chi connectivity index (χ4n) is 2.32. The number of carboxylic acids is 1. The van der Waals surface area contributed by atoms with Crippen molar-refractivity contribution in [3.8, 4) is 5.75 Å². The molecule has 1 aliphatic heterocycles. The van der Waals surface area contributed by atoms with E-state index in [1.807, 2.05) is 12.1 Å². The first-order valence-corrected chi connectivity index (χ1v) is 5.83. The highest BCUT2D eigenvalue weighted by atomic mass is 16.4. The zero-order valence-electron chi connectivity index (χ0n) is 9.95. The van der Waals surface area contributed by atoms with Gasteiger partial charge in [0.25, 0.3) is 0 Å². The number of aromatic hydroxyl groups is 1. The number of rotatable bonds is 2. The minimum atomic E-state index is -1.55. The monoisotopic (exact) mass is 253 g/mol. The Balaban J connectivity index is 2.34. The summed E-state index contributed by atoms with van der Waals surface area (Å²) in [7, 11) is 0. The lowest BCUT2D eigenvalue weighted by Crippen LogP contribution is -2.30. The van der Waals surface area contributed by atoms with Crippen molar-refractivity contribution in [3.63, 3.8) is 0 Å². The number of aliphatic carboxylic acids is 1. The number of hydrogen-bond acceptors (Lipinski definition) is 3. The van der Waals surface area contributed by atoms with E-state index >= 15 is 0 Å². The Morgan fingerprint density at radius 3 is 2.42 bits per heavy atom. The molecule has 0 bridgehead atoms. The average molecular weight is 253 g/mol. The largest absolute Gasteiger partial charge is 0.508 e. The number of fused-ring (bicyclic) bond motifs is 1. The van der Waals surface area contributed by atoms with Gasteiger partial charge in [0.1, 0.15) is 5.75 Å². The third kappa shape index (κ3) is 1.61. The van der Waals surface area contributed by atoms with Crippen LogP contribution in [0.1, 0.15) is 5.56 Å². The van der Waals surface area contributed by atoms with Crippen molar-refractivity contribution in [3.05, 3.63) is 64.7 Å². The summed E-state index contributed by atoms with van der Waals surface area (Å²) in [4.78, 5) is 16.0. The molecule has 0 saturated heterocycles. The lowest BCUT2D eigenvalue weighted by molar-refractivity contribution is -0.141. The van der Waals surface area contributed by atoms with Gasteiger partial charge in [-0.2, -0.15) is 0 Å². The maximum atomic E-state index is 11.7. The number of nitrogens with zero attached hydrogens (tertiary/aromatic N) is 1. The Labute approximate surface area is 109 Å². The second-order valence-electron chi connectivity index (χ2n) is 4.40. The molecule has 0 aromatic heterocycles. The van der Waals surface area contributed by atoms with Crippen LogP contribution in [0.4, 0.5) is 0 Å². The highest BCUT2D eigenvalue weighted by molar-refractivity contribution is 5.90. The van der Waals surface area contributed by atoms with E-state index in [2.05, 4.69) is 4.99 Å². The molecule has 0 aliphatic carbocycles. The van der Waals surface area contributed by atoms with Crippen molar-refractivity contribution in [2.24, 2.45) is 4.99 Å². The highest BCUT2D eigenvalue weighted by Crippen LogP contribution is 2.35.